The number of carboxylic acid groups (broad SMARTS) is 1. The molecule has 0 saturated heterocycles. The number of nitrogens with zero attached hydrogens (tertiary/aromatic N) is 2. The number of urea groups is 1. The molecule has 0 fully saturated rings. The third-order valence-electron chi connectivity index (χ3n) is 3.06. The van der Waals surface area contributed by atoms with Gasteiger partial charge in [0.15, 0.2) is 5.69 Å². The second-order valence-electron chi connectivity index (χ2n) is 5.57. The summed E-state index contributed by atoms with van der Waals surface area (Å²) < 4.78 is 1.63. The van der Waals surface area contributed by atoms with Crippen LogP contribution in [0.1, 0.15) is 44.1 Å². The van der Waals surface area contributed by atoms with Gasteiger partial charge in [0, 0.05) is 25.3 Å². The van der Waals surface area contributed by atoms with Crippen LogP contribution in [-0.4, -0.2) is 39.2 Å². The van der Waals surface area contributed by atoms with Crippen LogP contribution in [0.15, 0.2) is 12.5 Å². The quantitative estimate of drug-likeness (QED) is 0.680. The van der Waals surface area contributed by atoms with E-state index in [4.69, 9.17) is 5.11 Å². The van der Waals surface area contributed by atoms with Crippen molar-refractivity contribution in [2.24, 2.45) is 5.92 Å². The highest BCUT2D eigenvalue weighted by atomic mass is 16.4. The van der Waals surface area contributed by atoms with Gasteiger partial charge in [-0.05, 0) is 25.7 Å². The van der Waals surface area contributed by atoms with Crippen molar-refractivity contribution in [2.75, 3.05) is 6.54 Å². The Morgan fingerprint density at radius 3 is 2.62 bits per heavy atom. The predicted octanol–water partition coefficient (Wildman–Crippen LogP) is 1.71. The number of hydrogen-bond acceptors (Lipinski definition) is 3. The van der Waals surface area contributed by atoms with Crippen LogP contribution in [0, 0.1) is 5.92 Å². The fourth-order valence-corrected chi connectivity index (χ4v) is 1.82. The number of amides is 2. The zero-order chi connectivity index (χ0) is 15.8. The van der Waals surface area contributed by atoms with E-state index < -0.39 is 5.97 Å². The van der Waals surface area contributed by atoms with Gasteiger partial charge in [-0.3, -0.25) is 0 Å². The molecule has 0 aliphatic heterocycles. The SMILES string of the molecule is CC(C)CCC(C)NC(=O)NCCn1cnc(C(=O)O)c1. The molecule has 1 aromatic rings. The first-order valence-electron chi connectivity index (χ1n) is 7.18. The molecule has 1 atom stereocenters. The summed E-state index contributed by atoms with van der Waals surface area (Å²) in [5.74, 6) is -0.430. The van der Waals surface area contributed by atoms with Gasteiger partial charge in [-0.1, -0.05) is 13.8 Å². The number of aromatic carboxylic acids is 1. The van der Waals surface area contributed by atoms with E-state index in [-0.39, 0.29) is 17.8 Å². The van der Waals surface area contributed by atoms with Gasteiger partial charge in [0.1, 0.15) is 0 Å². The number of aromatic nitrogens is 2. The fourth-order valence-electron chi connectivity index (χ4n) is 1.82. The minimum atomic E-state index is -1.06. The zero-order valence-electron chi connectivity index (χ0n) is 12.8. The molecule has 2 amide bonds. The second-order valence-corrected chi connectivity index (χ2v) is 5.57. The van der Waals surface area contributed by atoms with E-state index >= 15 is 0 Å². The standard InChI is InChI=1S/C14H24N4O3/c1-10(2)4-5-11(3)17-14(21)15-6-7-18-8-12(13(19)20)16-9-18/h8-11H,4-7H2,1-3H3,(H,19,20)(H2,15,17,21). The Morgan fingerprint density at radius 1 is 1.33 bits per heavy atom. The molecule has 1 rings (SSSR count). The monoisotopic (exact) mass is 296 g/mol. The van der Waals surface area contributed by atoms with E-state index in [9.17, 15) is 9.59 Å². The maximum absolute atomic E-state index is 11.7. The van der Waals surface area contributed by atoms with Crippen molar-refractivity contribution in [3.05, 3.63) is 18.2 Å². The van der Waals surface area contributed by atoms with E-state index in [0.717, 1.165) is 12.8 Å². The molecule has 3 N–H and O–H groups in total. The fraction of sp³-hybridized carbons (Fsp3) is 0.643. The highest BCUT2D eigenvalue weighted by Crippen LogP contribution is 2.06. The molecule has 7 heteroatoms. The van der Waals surface area contributed by atoms with E-state index in [1.165, 1.54) is 12.5 Å². The maximum Gasteiger partial charge on any atom is 0.356 e. The van der Waals surface area contributed by atoms with Crippen LogP contribution in [-0.2, 0) is 6.54 Å². The highest BCUT2D eigenvalue weighted by molar-refractivity contribution is 5.84. The van der Waals surface area contributed by atoms with Crippen LogP contribution in [0.5, 0.6) is 0 Å². The Morgan fingerprint density at radius 2 is 2.05 bits per heavy atom. The van der Waals surface area contributed by atoms with Crippen molar-refractivity contribution in [2.45, 2.75) is 46.2 Å². The first-order chi connectivity index (χ1) is 9.88. The van der Waals surface area contributed by atoms with E-state index in [2.05, 4.69) is 29.5 Å². The first kappa shape index (κ1) is 17.0. The van der Waals surface area contributed by atoms with Gasteiger partial charge in [-0.2, -0.15) is 0 Å². The van der Waals surface area contributed by atoms with Crippen molar-refractivity contribution in [3.63, 3.8) is 0 Å². The Bertz CT molecular complexity index is 471. The Kier molecular flexibility index (Phi) is 6.71. The summed E-state index contributed by atoms with van der Waals surface area (Å²) in [6, 6.07) is -0.0657. The number of carbonyl (C=O) groups excluding carboxylic acids is 1. The zero-order valence-corrected chi connectivity index (χ0v) is 12.8. The highest BCUT2D eigenvalue weighted by Gasteiger charge is 2.08. The minimum Gasteiger partial charge on any atom is -0.476 e. The molecule has 7 nitrogen and oxygen atoms in total. The Hall–Kier alpha value is -2.05. The van der Waals surface area contributed by atoms with Gasteiger partial charge in [-0.15, -0.1) is 0 Å². The van der Waals surface area contributed by atoms with Crippen molar-refractivity contribution in [3.8, 4) is 0 Å². The number of rotatable bonds is 8. The average molecular weight is 296 g/mol. The molecule has 0 saturated carbocycles. The number of carbonyl (C=O) groups is 2. The summed E-state index contributed by atoms with van der Waals surface area (Å²) in [6.45, 7) is 7.19. The molecule has 0 spiro atoms. The van der Waals surface area contributed by atoms with Gasteiger partial charge in [0.05, 0.1) is 6.33 Å². The number of hydrogen-bond donors (Lipinski definition) is 3. The summed E-state index contributed by atoms with van der Waals surface area (Å²) in [4.78, 5) is 26.1. The summed E-state index contributed by atoms with van der Waals surface area (Å²) >= 11 is 0. The topological polar surface area (TPSA) is 96.3 Å². The average Bonchev–Trinajstić information content (AvgIpc) is 2.85. The summed E-state index contributed by atoms with van der Waals surface area (Å²) in [5.41, 5.74) is 0.00163. The second kappa shape index (κ2) is 8.28. The largest absolute Gasteiger partial charge is 0.476 e. The molecule has 1 unspecified atom stereocenters. The van der Waals surface area contributed by atoms with Crippen molar-refractivity contribution in [1.82, 2.24) is 20.2 Å². The third-order valence-corrected chi connectivity index (χ3v) is 3.06. The number of nitrogens with one attached hydrogen (secondary N) is 2. The molecular weight excluding hydrogens is 272 g/mol. The van der Waals surface area contributed by atoms with E-state index in [1.54, 1.807) is 4.57 Å². The smallest absolute Gasteiger partial charge is 0.356 e. The third kappa shape index (κ3) is 6.78. The normalized spacial score (nSPS) is 12.2. The van der Waals surface area contributed by atoms with Crippen LogP contribution in [0.25, 0.3) is 0 Å². The molecule has 0 aliphatic rings. The van der Waals surface area contributed by atoms with Gasteiger partial charge in [-0.25, -0.2) is 14.6 Å². The number of imidazole rings is 1. The lowest BCUT2D eigenvalue weighted by Crippen LogP contribution is -2.41. The van der Waals surface area contributed by atoms with Gasteiger partial charge in [0.2, 0.25) is 0 Å². The van der Waals surface area contributed by atoms with Gasteiger partial charge < -0.3 is 20.3 Å². The van der Waals surface area contributed by atoms with Gasteiger partial charge in [0.25, 0.3) is 0 Å². The minimum absolute atomic E-state index is 0.00163. The molecule has 1 heterocycles. The molecule has 118 valence electrons. The lowest BCUT2D eigenvalue weighted by atomic mass is 10.0. The van der Waals surface area contributed by atoms with E-state index in [0.29, 0.717) is 19.0 Å². The summed E-state index contributed by atoms with van der Waals surface area (Å²) in [6.07, 6.45) is 4.91. The van der Waals surface area contributed by atoms with Crippen LogP contribution in [0.4, 0.5) is 4.79 Å². The predicted molar refractivity (Wildman–Crippen MR) is 79.3 cm³/mol. The molecule has 0 aliphatic carbocycles. The lowest BCUT2D eigenvalue weighted by Gasteiger charge is -2.15. The maximum atomic E-state index is 11.7. The van der Waals surface area contributed by atoms with Crippen LogP contribution >= 0.6 is 0 Å². The van der Waals surface area contributed by atoms with E-state index in [1.807, 2.05) is 6.92 Å². The summed E-state index contributed by atoms with van der Waals surface area (Å²) in [7, 11) is 0. The lowest BCUT2D eigenvalue weighted by molar-refractivity contribution is 0.0691. The van der Waals surface area contributed by atoms with Gasteiger partial charge >= 0.3 is 12.0 Å². The van der Waals surface area contributed by atoms with Crippen LogP contribution < -0.4 is 10.6 Å². The van der Waals surface area contributed by atoms with Crippen molar-refractivity contribution < 1.29 is 14.7 Å². The molecule has 21 heavy (non-hydrogen) atoms. The Labute approximate surface area is 124 Å². The molecule has 1 aromatic heterocycles. The molecule has 0 aromatic carbocycles. The van der Waals surface area contributed by atoms with Crippen molar-refractivity contribution >= 4 is 12.0 Å². The van der Waals surface area contributed by atoms with Crippen molar-refractivity contribution in [1.29, 1.82) is 0 Å². The Balaban J connectivity index is 2.22. The molecule has 0 radical (unpaired) electrons. The van der Waals surface area contributed by atoms with Crippen LogP contribution in [0.2, 0.25) is 0 Å². The summed E-state index contributed by atoms with van der Waals surface area (Å²) in [5, 5.41) is 14.4. The first-order valence-corrected chi connectivity index (χ1v) is 7.18. The molecular formula is C14H24N4O3. The molecule has 0 bridgehead atoms. The van der Waals surface area contributed by atoms with Crippen LogP contribution in [0.3, 0.4) is 0 Å². The number of carboxylic acids is 1.